The molecular formula is C30H24F5N7O3S. The molecule has 0 aliphatic heterocycles. The first-order chi connectivity index (χ1) is 21.8. The lowest BCUT2D eigenvalue weighted by Crippen LogP contribution is -2.21. The van der Waals surface area contributed by atoms with Gasteiger partial charge in [0.25, 0.3) is 0 Å². The van der Waals surface area contributed by atoms with Crippen LogP contribution in [0, 0.1) is 16.4 Å². The van der Waals surface area contributed by atoms with Gasteiger partial charge in [0, 0.05) is 28.6 Å². The number of furan rings is 1. The van der Waals surface area contributed by atoms with Gasteiger partial charge in [-0.05, 0) is 66.2 Å². The maximum absolute atomic E-state index is 15.2. The average molecular weight is 658 g/mol. The van der Waals surface area contributed by atoms with E-state index < -0.39 is 44.8 Å². The SMILES string of the molecule is C[S@](=N)(=O)c1cccc(Nc2ncc(-c3ccc(NC(=O)Nc4cc(C(F)(F)F)ccc4F)c(F)c3)c(NCc3ccco3)n2)c1. The molecule has 0 radical (unpaired) electrons. The minimum Gasteiger partial charge on any atom is -0.467 e. The number of hydrogen-bond donors (Lipinski definition) is 5. The molecule has 3 aromatic carbocycles. The summed E-state index contributed by atoms with van der Waals surface area (Å²) in [6, 6.07) is 14.0. The fourth-order valence-corrected chi connectivity index (χ4v) is 4.86. The molecule has 0 aliphatic rings. The van der Waals surface area contributed by atoms with E-state index in [0.29, 0.717) is 45.7 Å². The van der Waals surface area contributed by atoms with Gasteiger partial charge in [0.15, 0.2) is 0 Å². The zero-order valence-corrected chi connectivity index (χ0v) is 24.5. The first-order valence-electron chi connectivity index (χ1n) is 13.2. The molecule has 16 heteroatoms. The molecule has 0 spiro atoms. The molecule has 0 saturated heterocycles. The van der Waals surface area contributed by atoms with Crippen LogP contribution in [-0.4, -0.2) is 26.5 Å². The van der Waals surface area contributed by atoms with E-state index in [1.165, 1.54) is 30.8 Å². The summed E-state index contributed by atoms with van der Waals surface area (Å²) in [7, 11) is -2.97. The Morgan fingerprint density at radius 2 is 1.74 bits per heavy atom. The quantitative estimate of drug-likeness (QED) is 0.101. The van der Waals surface area contributed by atoms with Crippen LogP contribution in [0.2, 0.25) is 0 Å². The van der Waals surface area contributed by atoms with Crippen molar-refractivity contribution in [1.82, 2.24) is 9.97 Å². The van der Waals surface area contributed by atoms with Crippen LogP contribution in [0.3, 0.4) is 0 Å². The molecule has 10 nitrogen and oxygen atoms in total. The number of rotatable bonds is 9. The largest absolute Gasteiger partial charge is 0.467 e. The Labute approximate surface area is 259 Å². The third-order valence-corrected chi connectivity index (χ3v) is 7.56. The molecule has 46 heavy (non-hydrogen) atoms. The third kappa shape index (κ3) is 7.76. The number of anilines is 5. The molecule has 0 bridgehead atoms. The summed E-state index contributed by atoms with van der Waals surface area (Å²) in [6.07, 6.45) is -0.548. The van der Waals surface area contributed by atoms with Gasteiger partial charge in [0.05, 0.1) is 39.5 Å². The fraction of sp³-hybridized carbons (Fsp3) is 0.100. The highest BCUT2D eigenvalue weighted by Crippen LogP contribution is 2.33. The highest BCUT2D eigenvalue weighted by Gasteiger charge is 2.31. The van der Waals surface area contributed by atoms with E-state index in [-0.39, 0.29) is 24.0 Å². The van der Waals surface area contributed by atoms with E-state index in [1.54, 1.807) is 36.4 Å². The first-order valence-corrected chi connectivity index (χ1v) is 15.2. The van der Waals surface area contributed by atoms with Crippen LogP contribution in [0.4, 0.5) is 55.6 Å². The molecule has 0 fully saturated rings. The van der Waals surface area contributed by atoms with Crippen molar-refractivity contribution in [3.63, 3.8) is 0 Å². The standard InChI is InChI=1S/C30H24F5N7O3S/c1-46(36,44)21-6-2-4-19(14-21)39-28-38-16-22(27(42-28)37-15-20-5-3-11-45-20)17-7-10-25(24(32)12-17)40-29(43)41-26-13-18(30(33,34)35)8-9-23(26)31/h2-14,16,36H,15H2,1H3,(H2,40,41,43)(H2,37,38,39,42)/t46-/m0/s1. The van der Waals surface area contributed by atoms with Crippen molar-refractivity contribution in [2.45, 2.75) is 17.6 Å². The second-order valence-electron chi connectivity index (χ2n) is 9.85. The highest BCUT2D eigenvalue weighted by molar-refractivity contribution is 7.91. The summed E-state index contributed by atoms with van der Waals surface area (Å²) in [6.45, 7) is 0.205. The molecule has 1 atom stereocenters. The number of hydrogen-bond acceptors (Lipinski definition) is 8. The van der Waals surface area contributed by atoms with Crippen LogP contribution in [-0.2, 0) is 22.5 Å². The summed E-state index contributed by atoms with van der Waals surface area (Å²) >= 11 is 0. The third-order valence-electron chi connectivity index (χ3n) is 6.41. The van der Waals surface area contributed by atoms with Gasteiger partial charge in [0.2, 0.25) is 5.95 Å². The van der Waals surface area contributed by atoms with Crippen molar-refractivity contribution in [3.05, 3.63) is 108 Å². The van der Waals surface area contributed by atoms with Gasteiger partial charge in [-0.25, -0.2) is 27.5 Å². The smallest absolute Gasteiger partial charge is 0.416 e. The number of halogens is 5. The summed E-state index contributed by atoms with van der Waals surface area (Å²) in [5.41, 5.74) is -1.12. The van der Waals surface area contributed by atoms with Crippen LogP contribution in [0.1, 0.15) is 11.3 Å². The Bertz CT molecular complexity index is 2000. The van der Waals surface area contributed by atoms with E-state index in [1.807, 2.05) is 5.32 Å². The van der Waals surface area contributed by atoms with E-state index in [9.17, 15) is 26.6 Å². The summed E-state index contributed by atoms with van der Waals surface area (Å²) in [5.74, 6) is -1.04. The normalized spacial score (nSPS) is 12.7. The lowest BCUT2D eigenvalue weighted by molar-refractivity contribution is -0.137. The van der Waals surface area contributed by atoms with Crippen molar-refractivity contribution < 1.29 is 35.4 Å². The molecule has 0 saturated carbocycles. The van der Waals surface area contributed by atoms with Gasteiger partial charge < -0.3 is 25.7 Å². The Hall–Kier alpha value is -5.51. The van der Waals surface area contributed by atoms with Crippen LogP contribution in [0.5, 0.6) is 0 Å². The number of nitrogens with one attached hydrogen (secondary N) is 5. The van der Waals surface area contributed by atoms with Crippen molar-refractivity contribution in [2.75, 3.05) is 27.5 Å². The summed E-state index contributed by atoms with van der Waals surface area (Å²) in [4.78, 5) is 21.5. The minimum absolute atomic E-state index is 0.132. The van der Waals surface area contributed by atoms with Crippen LogP contribution < -0.4 is 21.3 Å². The second kappa shape index (κ2) is 12.8. The number of alkyl halides is 3. The van der Waals surface area contributed by atoms with Gasteiger partial charge >= 0.3 is 12.2 Å². The van der Waals surface area contributed by atoms with Crippen molar-refractivity contribution in [1.29, 1.82) is 4.78 Å². The lowest BCUT2D eigenvalue weighted by Gasteiger charge is -2.15. The Balaban J connectivity index is 1.38. The Morgan fingerprint density at radius 3 is 2.43 bits per heavy atom. The zero-order chi connectivity index (χ0) is 33.1. The molecule has 2 heterocycles. The number of urea groups is 1. The van der Waals surface area contributed by atoms with Crippen LogP contribution in [0.15, 0.2) is 94.6 Å². The molecular weight excluding hydrogens is 633 g/mol. The number of aromatic nitrogens is 2. The van der Waals surface area contributed by atoms with E-state index in [2.05, 4.69) is 25.9 Å². The Morgan fingerprint density at radius 1 is 0.957 bits per heavy atom. The van der Waals surface area contributed by atoms with E-state index in [4.69, 9.17) is 9.20 Å². The first kappa shape index (κ1) is 31.9. The van der Waals surface area contributed by atoms with Gasteiger partial charge in [0.1, 0.15) is 23.2 Å². The van der Waals surface area contributed by atoms with Crippen molar-refractivity contribution in [2.24, 2.45) is 0 Å². The molecule has 238 valence electrons. The monoisotopic (exact) mass is 657 g/mol. The number of nitrogens with zero attached hydrogens (tertiary/aromatic N) is 2. The van der Waals surface area contributed by atoms with Gasteiger partial charge in [-0.3, -0.25) is 0 Å². The van der Waals surface area contributed by atoms with Gasteiger partial charge in [-0.2, -0.15) is 18.2 Å². The van der Waals surface area contributed by atoms with Crippen molar-refractivity contribution >= 4 is 44.6 Å². The highest BCUT2D eigenvalue weighted by atomic mass is 32.2. The number of amides is 2. The van der Waals surface area contributed by atoms with Crippen LogP contribution in [0.25, 0.3) is 11.1 Å². The molecule has 2 amide bonds. The summed E-state index contributed by atoms with van der Waals surface area (Å²) in [5, 5.41) is 10.2. The van der Waals surface area contributed by atoms with E-state index >= 15 is 4.39 Å². The predicted molar refractivity (Wildman–Crippen MR) is 162 cm³/mol. The minimum atomic E-state index is -4.76. The number of benzene rings is 3. The number of carbonyl (C=O) groups is 1. The topological polar surface area (TPSA) is 145 Å². The molecule has 5 rings (SSSR count). The maximum atomic E-state index is 15.2. The molecule has 5 N–H and O–H groups in total. The Kier molecular flexibility index (Phi) is 8.91. The molecule has 2 aromatic heterocycles. The van der Waals surface area contributed by atoms with E-state index in [0.717, 1.165) is 6.07 Å². The zero-order valence-electron chi connectivity index (χ0n) is 23.7. The number of carbonyl (C=O) groups excluding carboxylic acids is 1. The van der Waals surface area contributed by atoms with Gasteiger partial charge in [-0.1, -0.05) is 12.1 Å². The molecule has 0 aliphatic carbocycles. The maximum Gasteiger partial charge on any atom is 0.416 e. The molecule has 5 aromatic rings. The predicted octanol–water partition coefficient (Wildman–Crippen LogP) is 8.07. The average Bonchev–Trinajstić information content (AvgIpc) is 3.51. The second-order valence-corrected chi connectivity index (χ2v) is 12.0. The summed E-state index contributed by atoms with van der Waals surface area (Å²) < 4.78 is 93.6. The fourth-order valence-electron chi connectivity index (χ4n) is 4.17. The van der Waals surface area contributed by atoms with Crippen molar-refractivity contribution in [3.8, 4) is 11.1 Å². The lowest BCUT2D eigenvalue weighted by atomic mass is 10.1. The molecule has 0 unspecified atom stereocenters. The van der Waals surface area contributed by atoms with Gasteiger partial charge in [-0.15, -0.1) is 0 Å². The van der Waals surface area contributed by atoms with Crippen LogP contribution >= 0.6 is 0 Å².